The summed E-state index contributed by atoms with van der Waals surface area (Å²) in [7, 11) is -2.05. The van der Waals surface area contributed by atoms with E-state index in [0.717, 1.165) is 5.56 Å². The molecule has 4 rings (SSSR count). The molecule has 1 aliphatic heterocycles. The maximum Gasteiger partial charge on any atom is 0.254 e. The van der Waals surface area contributed by atoms with Gasteiger partial charge in [-0.3, -0.25) is 14.5 Å². The molecule has 0 N–H and O–H groups in total. The molecule has 2 aromatic heterocycles. The summed E-state index contributed by atoms with van der Waals surface area (Å²) in [6.07, 6.45) is 4.74. The van der Waals surface area contributed by atoms with Gasteiger partial charge in [0.1, 0.15) is 10.6 Å². The summed E-state index contributed by atoms with van der Waals surface area (Å²) in [4.78, 5) is 18.7. The highest BCUT2D eigenvalue weighted by atomic mass is 32.2. The van der Waals surface area contributed by atoms with E-state index in [4.69, 9.17) is 0 Å². The van der Waals surface area contributed by atoms with Crippen LogP contribution in [0, 0.1) is 6.92 Å². The summed E-state index contributed by atoms with van der Waals surface area (Å²) in [6, 6.07) is 10.9. The molecule has 0 unspecified atom stereocenters. The summed E-state index contributed by atoms with van der Waals surface area (Å²) in [5, 5.41) is 4.35. The van der Waals surface area contributed by atoms with Gasteiger partial charge in [0.05, 0.1) is 0 Å². The van der Waals surface area contributed by atoms with E-state index in [0.29, 0.717) is 29.9 Å². The van der Waals surface area contributed by atoms with E-state index in [9.17, 15) is 13.2 Å². The second-order valence-corrected chi connectivity index (χ2v) is 9.17. The molecule has 9 heteroatoms. The van der Waals surface area contributed by atoms with Gasteiger partial charge in [-0.15, -0.1) is 0 Å². The number of benzene rings is 1. The lowest BCUT2D eigenvalue weighted by Crippen LogP contribution is -2.50. The van der Waals surface area contributed by atoms with Gasteiger partial charge in [-0.25, -0.2) is 8.42 Å². The Kier molecular flexibility index (Phi) is 5.40. The molecule has 3 heterocycles. The molecule has 0 saturated carbocycles. The highest BCUT2D eigenvalue weighted by Crippen LogP contribution is 2.28. The second-order valence-electron chi connectivity index (χ2n) is 7.26. The van der Waals surface area contributed by atoms with Crippen LogP contribution in [0.15, 0.2) is 59.9 Å². The van der Waals surface area contributed by atoms with Crippen LogP contribution >= 0.6 is 0 Å². The van der Waals surface area contributed by atoms with Gasteiger partial charge in [-0.1, -0.05) is 18.2 Å². The molecule has 3 aromatic rings. The normalized spacial score (nSPS) is 15.3. The first-order valence-electron chi connectivity index (χ1n) is 9.67. The molecule has 0 bridgehead atoms. The molecule has 156 valence electrons. The number of aryl methyl sites for hydroxylation is 2. The van der Waals surface area contributed by atoms with Crippen LogP contribution in [-0.2, 0) is 17.1 Å². The first-order chi connectivity index (χ1) is 14.4. The van der Waals surface area contributed by atoms with Crippen molar-refractivity contribution in [3.63, 3.8) is 0 Å². The van der Waals surface area contributed by atoms with Crippen molar-refractivity contribution >= 4 is 15.9 Å². The zero-order chi connectivity index (χ0) is 21.3. The van der Waals surface area contributed by atoms with Crippen molar-refractivity contribution in [3.05, 3.63) is 66.1 Å². The van der Waals surface area contributed by atoms with Crippen molar-refractivity contribution in [3.8, 4) is 11.3 Å². The van der Waals surface area contributed by atoms with Crippen molar-refractivity contribution in [2.45, 2.75) is 11.8 Å². The van der Waals surface area contributed by atoms with E-state index in [-0.39, 0.29) is 23.9 Å². The minimum Gasteiger partial charge on any atom is -0.336 e. The highest BCUT2D eigenvalue weighted by Gasteiger charge is 2.33. The van der Waals surface area contributed by atoms with Crippen LogP contribution in [0.25, 0.3) is 11.3 Å². The number of rotatable bonds is 4. The molecular formula is C21H23N5O3S. The molecule has 1 aliphatic rings. The van der Waals surface area contributed by atoms with Gasteiger partial charge in [0.25, 0.3) is 5.91 Å². The third-order valence-corrected chi connectivity index (χ3v) is 7.17. The van der Waals surface area contributed by atoms with Crippen LogP contribution in [0.5, 0.6) is 0 Å². The molecule has 0 spiro atoms. The summed E-state index contributed by atoms with van der Waals surface area (Å²) in [5.74, 6) is -0.0657. The van der Waals surface area contributed by atoms with E-state index in [1.807, 2.05) is 25.1 Å². The Balaban J connectivity index is 1.54. The fraction of sp³-hybridized carbons (Fsp3) is 0.286. The van der Waals surface area contributed by atoms with Crippen molar-refractivity contribution in [1.82, 2.24) is 24.0 Å². The molecule has 0 aliphatic carbocycles. The quantitative estimate of drug-likeness (QED) is 0.637. The lowest BCUT2D eigenvalue weighted by Gasteiger charge is -2.34. The maximum atomic E-state index is 13.3. The van der Waals surface area contributed by atoms with Gasteiger partial charge in [-0.2, -0.15) is 9.40 Å². The van der Waals surface area contributed by atoms with Crippen LogP contribution in [0.2, 0.25) is 0 Å². The number of nitrogens with zero attached hydrogens (tertiary/aromatic N) is 5. The second kappa shape index (κ2) is 8.00. The van der Waals surface area contributed by atoms with Gasteiger partial charge in [-0.05, 0) is 30.7 Å². The Hall–Kier alpha value is -3.04. The fourth-order valence-corrected chi connectivity index (χ4v) is 5.23. The Morgan fingerprint density at radius 2 is 1.67 bits per heavy atom. The summed E-state index contributed by atoms with van der Waals surface area (Å²) in [5.41, 5.74) is 2.66. The predicted octanol–water partition coefficient (Wildman–Crippen LogP) is 1.94. The summed E-state index contributed by atoms with van der Waals surface area (Å²) >= 11 is 0. The molecule has 8 nitrogen and oxygen atoms in total. The third-order valence-electron chi connectivity index (χ3n) is 5.27. The Labute approximate surface area is 175 Å². The van der Waals surface area contributed by atoms with Gasteiger partial charge in [0.2, 0.25) is 10.0 Å². The number of carbonyl (C=O) groups is 1. The smallest absolute Gasteiger partial charge is 0.254 e. The fourth-order valence-electron chi connectivity index (χ4n) is 3.62. The predicted molar refractivity (Wildman–Crippen MR) is 112 cm³/mol. The maximum absolute atomic E-state index is 13.3. The van der Waals surface area contributed by atoms with Crippen LogP contribution in [0.1, 0.15) is 15.9 Å². The summed E-state index contributed by atoms with van der Waals surface area (Å²) in [6.45, 7) is 3.07. The lowest BCUT2D eigenvalue weighted by atomic mass is 10.1. The number of piperazine rings is 1. The molecular weight excluding hydrogens is 402 g/mol. The minimum absolute atomic E-state index is 0.0657. The highest BCUT2D eigenvalue weighted by molar-refractivity contribution is 7.89. The van der Waals surface area contributed by atoms with Crippen LogP contribution in [-0.4, -0.2) is 64.5 Å². The van der Waals surface area contributed by atoms with E-state index in [1.54, 1.807) is 42.5 Å². The number of aromatic nitrogens is 3. The number of pyridine rings is 1. The molecule has 1 aromatic carbocycles. The van der Waals surface area contributed by atoms with Crippen molar-refractivity contribution in [2.75, 3.05) is 26.2 Å². The lowest BCUT2D eigenvalue weighted by molar-refractivity contribution is 0.0697. The summed E-state index contributed by atoms with van der Waals surface area (Å²) < 4.78 is 29.6. The first-order valence-corrected chi connectivity index (χ1v) is 11.1. The largest absolute Gasteiger partial charge is 0.336 e. The minimum atomic E-state index is -3.75. The number of hydrogen-bond donors (Lipinski definition) is 0. The van der Waals surface area contributed by atoms with E-state index < -0.39 is 10.0 Å². The first kappa shape index (κ1) is 20.2. The molecule has 1 fully saturated rings. The van der Waals surface area contributed by atoms with Gasteiger partial charge in [0, 0.05) is 62.9 Å². The number of carbonyl (C=O) groups excluding carboxylic acids is 1. The monoisotopic (exact) mass is 425 g/mol. The van der Waals surface area contributed by atoms with Crippen LogP contribution < -0.4 is 0 Å². The van der Waals surface area contributed by atoms with Gasteiger partial charge < -0.3 is 4.90 Å². The van der Waals surface area contributed by atoms with Crippen LogP contribution in [0.3, 0.4) is 0 Å². The molecule has 30 heavy (non-hydrogen) atoms. The van der Waals surface area contributed by atoms with E-state index >= 15 is 0 Å². The van der Waals surface area contributed by atoms with Crippen molar-refractivity contribution in [2.24, 2.45) is 7.05 Å². The van der Waals surface area contributed by atoms with E-state index in [1.165, 1.54) is 15.2 Å². The number of amides is 1. The Bertz CT molecular complexity index is 1170. The van der Waals surface area contributed by atoms with Gasteiger partial charge in [0.15, 0.2) is 0 Å². The average molecular weight is 426 g/mol. The standard InChI is InChI=1S/C21H23N5O3S/c1-16-5-3-4-6-18(16)21(27)25-11-13-26(14-12-25)30(28,29)19-15-24(2)23-20(19)17-7-9-22-10-8-17/h3-10,15H,11-14H2,1-2H3. The Morgan fingerprint density at radius 1 is 1.00 bits per heavy atom. The van der Waals surface area contributed by atoms with Crippen molar-refractivity contribution in [1.29, 1.82) is 0 Å². The van der Waals surface area contributed by atoms with E-state index in [2.05, 4.69) is 10.1 Å². The SMILES string of the molecule is Cc1ccccc1C(=O)N1CCN(S(=O)(=O)c2cn(C)nc2-c2ccncc2)CC1. The molecule has 0 radical (unpaired) electrons. The molecule has 0 atom stereocenters. The number of hydrogen-bond acceptors (Lipinski definition) is 5. The Morgan fingerprint density at radius 3 is 2.33 bits per heavy atom. The molecule has 1 amide bonds. The van der Waals surface area contributed by atoms with Crippen molar-refractivity contribution < 1.29 is 13.2 Å². The number of sulfonamides is 1. The van der Waals surface area contributed by atoms with Gasteiger partial charge >= 0.3 is 0 Å². The third kappa shape index (κ3) is 3.73. The zero-order valence-corrected chi connectivity index (χ0v) is 17.7. The topological polar surface area (TPSA) is 88.4 Å². The van der Waals surface area contributed by atoms with Crippen LogP contribution in [0.4, 0.5) is 0 Å². The molecule has 1 saturated heterocycles. The average Bonchev–Trinajstić information content (AvgIpc) is 3.17. The zero-order valence-electron chi connectivity index (χ0n) is 16.9.